The molecule has 2 aromatic rings. The zero-order chi connectivity index (χ0) is 14.0. The molecule has 0 saturated heterocycles. The molecule has 0 spiro atoms. The van der Waals surface area contributed by atoms with Crippen LogP contribution in [-0.4, -0.2) is 22.1 Å². The van der Waals surface area contributed by atoms with Crippen LogP contribution in [0.1, 0.15) is 26.6 Å². The summed E-state index contributed by atoms with van der Waals surface area (Å²) in [7, 11) is 0. The summed E-state index contributed by atoms with van der Waals surface area (Å²) in [6.07, 6.45) is 0. The molecular formula is C12H9BrN2O4. The van der Waals surface area contributed by atoms with Gasteiger partial charge in [0.05, 0.1) is 11.3 Å². The summed E-state index contributed by atoms with van der Waals surface area (Å²) in [5, 5.41) is 15.1. The van der Waals surface area contributed by atoms with Crippen LogP contribution in [0.5, 0.6) is 0 Å². The molecule has 1 amide bonds. The first-order valence-corrected chi connectivity index (χ1v) is 6.03. The minimum atomic E-state index is -1.08. The monoisotopic (exact) mass is 324 g/mol. The van der Waals surface area contributed by atoms with Gasteiger partial charge in [0.2, 0.25) is 5.76 Å². The first-order valence-electron chi connectivity index (χ1n) is 5.24. The Kier molecular flexibility index (Phi) is 3.66. The number of anilines is 1. The average Bonchev–Trinajstić information content (AvgIpc) is 2.75. The molecule has 2 rings (SSSR count). The number of aromatic carboxylic acids is 1. The van der Waals surface area contributed by atoms with Crippen molar-refractivity contribution in [2.45, 2.75) is 6.92 Å². The van der Waals surface area contributed by atoms with Crippen molar-refractivity contribution in [3.05, 3.63) is 45.8 Å². The van der Waals surface area contributed by atoms with E-state index in [2.05, 4.69) is 26.4 Å². The van der Waals surface area contributed by atoms with Gasteiger partial charge in [-0.3, -0.25) is 4.79 Å². The number of carbonyl (C=O) groups is 2. The highest BCUT2D eigenvalue weighted by atomic mass is 79.9. The topological polar surface area (TPSA) is 92.4 Å². The third-order valence-corrected chi connectivity index (χ3v) is 2.71. The molecular weight excluding hydrogens is 316 g/mol. The molecule has 0 saturated carbocycles. The molecule has 0 aliphatic rings. The molecule has 0 bridgehead atoms. The molecule has 0 atom stereocenters. The van der Waals surface area contributed by atoms with Gasteiger partial charge in [-0.25, -0.2) is 4.79 Å². The number of rotatable bonds is 3. The largest absolute Gasteiger partial charge is 0.478 e. The highest BCUT2D eigenvalue weighted by Crippen LogP contribution is 2.20. The van der Waals surface area contributed by atoms with Gasteiger partial charge in [-0.05, 0) is 25.1 Å². The van der Waals surface area contributed by atoms with Crippen molar-refractivity contribution in [3.63, 3.8) is 0 Å². The summed E-state index contributed by atoms with van der Waals surface area (Å²) in [6.45, 7) is 1.70. The summed E-state index contributed by atoms with van der Waals surface area (Å²) in [4.78, 5) is 22.7. The summed E-state index contributed by atoms with van der Waals surface area (Å²) in [6, 6.07) is 5.88. The maximum Gasteiger partial charge on any atom is 0.335 e. The summed E-state index contributed by atoms with van der Waals surface area (Å²) < 4.78 is 5.37. The van der Waals surface area contributed by atoms with Crippen molar-refractivity contribution in [2.75, 3.05) is 5.32 Å². The lowest BCUT2D eigenvalue weighted by molar-refractivity contribution is 0.0696. The van der Waals surface area contributed by atoms with E-state index < -0.39 is 11.9 Å². The van der Waals surface area contributed by atoms with E-state index in [1.807, 2.05) is 0 Å². The Morgan fingerprint density at radius 2 is 2.05 bits per heavy atom. The van der Waals surface area contributed by atoms with Crippen LogP contribution in [0, 0.1) is 6.92 Å². The Bertz CT molecular complexity index is 651. The SMILES string of the molecule is Cc1cc(C(=O)Nc2cc(Br)cc(C(=O)O)c2)on1. The molecule has 19 heavy (non-hydrogen) atoms. The third-order valence-electron chi connectivity index (χ3n) is 2.25. The summed E-state index contributed by atoms with van der Waals surface area (Å²) in [5.41, 5.74) is 1.01. The quantitative estimate of drug-likeness (QED) is 0.905. The number of nitrogens with zero attached hydrogens (tertiary/aromatic N) is 1. The van der Waals surface area contributed by atoms with Crippen molar-refractivity contribution < 1.29 is 19.2 Å². The van der Waals surface area contributed by atoms with E-state index in [1.54, 1.807) is 13.0 Å². The fourth-order valence-electron chi connectivity index (χ4n) is 1.45. The lowest BCUT2D eigenvalue weighted by atomic mass is 10.2. The number of hydrogen-bond acceptors (Lipinski definition) is 4. The van der Waals surface area contributed by atoms with E-state index in [-0.39, 0.29) is 11.3 Å². The number of halogens is 1. The normalized spacial score (nSPS) is 10.2. The fourth-order valence-corrected chi connectivity index (χ4v) is 1.94. The van der Waals surface area contributed by atoms with Crippen molar-refractivity contribution in [2.24, 2.45) is 0 Å². The van der Waals surface area contributed by atoms with Crippen LogP contribution in [0.4, 0.5) is 5.69 Å². The maximum atomic E-state index is 11.8. The molecule has 0 aliphatic heterocycles. The lowest BCUT2D eigenvalue weighted by Crippen LogP contribution is -2.11. The smallest absolute Gasteiger partial charge is 0.335 e. The molecule has 1 aromatic carbocycles. The number of amides is 1. The lowest BCUT2D eigenvalue weighted by Gasteiger charge is -2.05. The van der Waals surface area contributed by atoms with Crippen molar-refractivity contribution in [1.82, 2.24) is 5.16 Å². The second-order valence-corrected chi connectivity index (χ2v) is 4.74. The van der Waals surface area contributed by atoms with E-state index in [0.717, 1.165) is 0 Å². The predicted octanol–water partition coefficient (Wildman–Crippen LogP) is 2.70. The second kappa shape index (κ2) is 5.23. The Morgan fingerprint density at radius 3 is 2.63 bits per heavy atom. The van der Waals surface area contributed by atoms with E-state index in [1.165, 1.54) is 18.2 Å². The Balaban J connectivity index is 2.23. The van der Waals surface area contributed by atoms with Gasteiger partial charge in [-0.1, -0.05) is 21.1 Å². The molecule has 6 nitrogen and oxygen atoms in total. The fraction of sp³-hybridized carbons (Fsp3) is 0.0833. The number of nitrogens with one attached hydrogen (secondary N) is 1. The van der Waals surface area contributed by atoms with Gasteiger partial charge < -0.3 is 14.9 Å². The first kappa shape index (κ1) is 13.3. The van der Waals surface area contributed by atoms with Gasteiger partial charge in [0, 0.05) is 16.2 Å². The Morgan fingerprint density at radius 1 is 1.32 bits per heavy atom. The number of benzene rings is 1. The highest BCUT2D eigenvalue weighted by molar-refractivity contribution is 9.10. The number of carboxylic acid groups (broad SMARTS) is 1. The van der Waals surface area contributed by atoms with Crippen LogP contribution < -0.4 is 5.32 Å². The van der Waals surface area contributed by atoms with E-state index in [0.29, 0.717) is 15.9 Å². The molecule has 0 unspecified atom stereocenters. The molecule has 1 heterocycles. The van der Waals surface area contributed by atoms with E-state index in [9.17, 15) is 9.59 Å². The first-order chi connectivity index (χ1) is 8.95. The predicted molar refractivity (Wildman–Crippen MR) is 70.3 cm³/mol. The summed E-state index contributed by atoms with van der Waals surface area (Å²) in [5.74, 6) is -1.50. The van der Waals surface area contributed by atoms with Crippen LogP contribution >= 0.6 is 15.9 Å². The molecule has 98 valence electrons. The van der Waals surface area contributed by atoms with E-state index in [4.69, 9.17) is 9.63 Å². The van der Waals surface area contributed by atoms with Gasteiger partial charge in [-0.15, -0.1) is 0 Å². The number of aromatic nitrogens is 1. The number of carboxylic acids is 1. The molecule has 0 aliphatic carbocycles. The Labute approximate surface area is 116 Å². The standard InChI is InChI=1S/C12H9BrN2O4/c1-6-2-10(19-15-6)11(16)14-9-4-7(12(17)18)3-8(13)5-9/h2-5H,1H3,(H,14,16)(H,17,18). The molecule has 1 aromatic heterocycles. The number of hydrogen-bond donors (Lipinski definition) is 2. The van der Waals surface area contributed by atoms with Crippen molar-refractivity contribution in [1.29, 1.82) is 0 Å². The van der Waals surface area contributed by atoms with Crippen LogP contribution in [-0.2, 0) is 0 Å². The van der Waals surface area contributed by atoms with Gasteiger partial charge in [0.25, 0.3) is 5.91 Å². The maximum absolute atomic E-state index is 11.8. The third kappa shape index (κ3) is 3.19. The van der Waals surface area contributed by atoms with Crippen LogP contribution in [0.2, 0.25) is 0 Å². The van der Waals surface area contributed by atoms with Gasteiger partial charge in [0.15, 0.2) is 0 Å². The van der Waals surface area contributed by atoms with Gasteiger partial charge in [-0.2, -0.15) is 0 Å². The van der Waals surface area contributed by atoms with E-state index >= 15 is 0 Å². The molecule has 7 heteroatoms. The zero-order valence-electron chi connectivity index (χ0n) is 9.81. The van der Waals surface area contributed by atoms with Crippen molar-refractivity contribution >= 4 is 33.5 Å². The van der Waals surface area contributed by atoms with Crippen LogP contribution in [0.3, 0.4) is 0 Å². The van der Waals surface area contributed by atoms with Gasteiger partial charge in [0.1, 0.15) is 0 Å². The second-order valence-electron chi connectivity index (χ2n) is 3.82. The minimum Gasteiger partial charge on any atom is -0.478 e. The molecule has 0 fully saturated rings. The summed E-state index contributed by atoms with van der Waals surface area (Å²) >= 11 is 3.18. The number of aryl methyl sites for hydroxylation is 1. The number of carbonyl (C=O) groups excluding carboxylic acids is 1. The average molecular weight is 325 g/mol. The van der Waals surface area contributed by atoms with Crippen LogP contribution in [0.15, 0.2) is 33.3 Å². The molecule has 0 radical (unpaired) electrons. The zero-order valence-corrected chi connectivity index (χ0v) is 11.4. The van der Waals surface area contributed by atoms with Gasteiger partial charge >= 0.3 is 5.97 Å². The van der Waals surface area contributed by atoms with Crippen LogP contribution in [0.25, 0.3) is 0 Å². The Hall–Kier alpha value is -2.15. The highest BCUT2D eigenvalue weighted by Gasteiger charge is 2.13. The van der Waals surface area contributed by atoms with Crippen molar-refractivity contribution in [3.8, 4) is 0 Å². The minimum absolute atomic E-state index is 0.0642. The molecule has 2 N–H and O–H groups in total.